The van der Waals surface area contributed by atoms with Gasteiger partial charge in [0.05, 0.1) is 0 Å². The van der Waals surface area contributed by atoms with Crippen LogP contribution in [0.3, 0.4) is 0 Å². The molecule has 0 aliphatic heterocycles. The maximum Gasteiger partial charge on any atom is 0.169 e. The van der Waals surface area contributed by atoms with Gasteiger partial charge in [0.2, 0.25) is 0 Å². The number of allylic oxidation sites excluding steroid dienone is 4. The Balaban J connectivity index is 2.22. The van der Waals surface area contributed by atoms with Gasteiger partial charge in [0.25, 0.3) is 0 Å². The van der Waals surface area contributed by atoms with Gasteiger partial charge in [-0.25, -0.2) is 4.57 Å². The highest BCUT2D eigenvalue weighted by Gasteiger charge is 2.10. The maximum atomic E-state index is 2.30. The molecule has 0 radical (unpaired) electrons. The Labute approximate surface area is 110 Å². The second kappa shape index (κ2) is 5.21. The molecular weight excluding hydrogens is 220 g/mol. The lowest BCUT2D eigenvalue weighted by molar-refractivity contribution is -0.671. The normalized spacial score (nSPS) is 21.0. The molecule has 0 N–H and O–H groups in total. The van der Waals surface area contributed by atoms with E-state index in [9.17, 15) is 0 Å². The lowest BCUT2D eigenvalue weighted by Gasteiger charge is -2.21. The molecule has 2 rings (SSSR count). The van der Waals surface area contributed by atoms with Crippen LogP contribution in [0, 0.1) is 5.92 Å². The summed E-state index contributed by atoms with van der Waals surface area (Å²) in [6.07, 6.45) is 13.1. The van der Waals surface area contributed by atoms with Crippen molar-refractivity contribution in [2.45, 2.75) is 6.92 Å². The average Bonchev–Trinajstić information content (AvgIpc) is 2.34. The third kappa shape index (κ3) is 2.89. The summed E-state index contributed by atoms with van der Waals surface area (Å²) in [4.78, 5) is 2.15. The van der Waals surface area contributed by atoms with E-state index >= 15 is 0 Å². The van der Waals surface area contributed by atoms with Crippen molar-refractivity contribution < 1.29 is 4.57 Å². The van der Waals surface area contributed by atoms with Crippen LogP contribution in [0.15, 0.2) is 54.0 Å². The second-order valence-electron chi connectivity index (χ2n) is 5.05. The monoisotopic (exact) mass is 241 g/mol. The van der Waals surface area contributed by atoms with E-state index in [0.29, 0.717) is 5.92 Å². The van der Waals surface area contributed by atoms with Crippen molar-refractivity contribution in [2.24, 2.45) is 13.0 Å². The summed E-state index contributed by atoms with van der Waals surface area (Å²) >= 11 is 0. The number of rotatable bonds is 2. The van der Waals surface area contributed by atoms with Gasteiger partial charge < -0.3 is 4.90 Å². The molecule has 18 heavy (non-hydrogen) atoms. The quantitative estimate of drug-likeness (QED) is 0.722. The predicted octanol–water partition coefficient (Wildman–Crippen LogP) is 2.55. The first-order chi connectivity index (χ1) is 8.56. The van der Waals surface area contributed by atoms with Gasteiger partial charge in [-0.1, -0.05) is 25.2 Å². The molecule has 0 aromatic carbocycles. The smallest absolute Gasteiger partial charge is 0.169 e. The van der Waals surface area contributed by atoms with Gasteiger partial charge in [-0.05, 0) is 17.2 Å². The number of nitrogens with zero attached hydrogens (tertiary/aromatic N) is 2. The molecule has 0 saturated heterocycles. The molecule has 1 aliphatic rings. The van der Waals surface area contributed by atoms with E-state index in [4.69, 9.17) is 0 Å². The molecular formula is C16H21N2+. The van der Waals surface area contributed by atoms with Crippen LogP contribution in [-0.4, -0.2) is 19.0 Å². The number of aromatic nitrogens is 1. The van der Waals surface area contributed by atoms with Crippen LogP contribution in [0.4, 0.5) is 0 Å². The minimum atomic E-state index is 0.460. The molecule has 2 nitrogen and oxygen atoms in total. The van der Waals surface area contributed by atoms with Crippen molar-refractivity contribution in [3.63, 3.8) is 0 Å². The van der Waals surface area contributed by atoms with Gasteiger partial charge in [0, 0.05) is 37.8 Å². The minimum Gasteiger partial charge on any atom is -0.378 e. The van der Waals surface area contributed by atoms with Crippen LogP contribution >= 0.6 is 0 Å². The fourth-order valence-corrected chi connectivity index (χ4v) is 2.02. The first kappa shape index (κ1) is 12.6. The van der Waals surface area contributed by atoms with Crippen LogP contribution in [-0.2, 0) is 7.05 Å². The fourth-order valence-electron chi connectivity index (χ4n) is 2.02. The Bertz CT molecular complexity index is 504. The van der Waals surface area contributed by atoms with E-state index in [2.05, 4.69) is 74.7 Å². The molecule has 1 atom stereocenters. The molecule has 1 unspecified atom stereocenters. The van der Waals surface area contributed by atoms with E-state index in [1.165, 1.54) is 16.8 Å². The van der Waals surface area contributed by atoms with Crippen molar-refractivity contribution in [1.29, 1.82) is 0 Å². The van der Waals surface area contributed by atoms with Gasteiger partial charge in [-0.2, -0.15) is 0 Å². The van der Waals surface area contributed by atoms with E-state index in [1.54, 1.807) is 0 Å². The van der Waals surface area contributed by atoms with Crippen LogP contribution in [0.1, 0.15) is 12.5 Å². The SMILES string of the molecule is CC1C=C(N(C)C)C=CC1=Cc1cc[n+](C)cc1. The molecule has 2 heteroatoms. The van der Waals surface area contributed by atoms with E-state index < -0.39 is 0 Å². The lowest BCUT2D eigenvalue weighted by Crippen LogP contribution is -2.25. The molecule has 0 bridgehead atoms. The summed E-state index contributed by atoms with van der Waals surface area (Å²) < 4.78 is 2.05. The zero-order valence-corrected chi connectivity index (χ0v) is 11.6. The molecule has 94 valence electrons. The highest BCUT2D eigenvalue weighted by Crippen LogP contribution is 2.24. The summed E-state index contributed by atoms with van der Waals surface area (Å²) in [5, 5.41) is 0. The van der Waals surface area contributed by atoms with Gasteiger partial charge in [0.1, 0.15) is 7.05 Å². The summed E-state index contributed by atoms with van der Waals surface area (Å²) in [5.74, 6) is 0.460. The van der Waals surface area contributed by atoms with Crippen LogP contribution in [0.2, 0.25) is 0 Å². The summed E-state index contributed by atoms with van der Waals surface area (Å²) in [5.41, 5.74) is 3.88. The summed E-state index contributed by atoms with van der Waals surface area (Å²) in [7, 11) is 6.19. The van der Waals surface area contributed by atoms with Crippen molar-refractivity contribution in [2.75, 3.05) is 14.1 Å². The molecule has 0 amide bonds. The number of hydrogen-bond acceptors (Lipinski definition) is 1. The second-order valence-corrected chi connectivity index (χ2v) is 5.05. The van der Waals surface area contributed by atoms with Crippen LogP contribution in [0.25, 0.3) is 6.08 Å². The Hall–Kier alpha value is -1.83. The third-order valence-electron chi connectivity index (χ3n) is 3.25. The average molecular weight is 241 g/mol. The van der Waals surface area contributed by atoms with E-state index in [1.807, 2.05) is 11.6 Å². The van der Waals surface area contributed by atoms with Crippen molar-refractivity contribution in [3.8, 4) is 0 Å². The zero-order chi connectivity index (χ0) is 13.1. The lowest BCUT2D eigenvalue weighted by atomic mass is 9.93. The van der Waals surface area contributed by atoms with Gasteiger partial charge in [0.15, 0.2) is 12.4 Å². The minimum absolute atomic E-state index is 0.460. The molecule has 0 fully saturated rings. The standard InChI is InChI=1S/C16H21N2/c1-13-11-16(17(2)3)6-5-15(13)12-14-7-9-18(4)10-8-14/h5-13H,1-4H3/q+1. The number of likely N-dealkylation sites (N-methyl/N-ethyl adjacent to an activating group) is 1. The van der Waals surface area contributed by atoms with Crippen LogP contribution < -0.4 is 4.57 Å². The molecule has 0 spiro atoms. The molecule has 1 aromatic rings. The highest BCUT2D eigenvalue weighted by molar-refractivity contribution is 5.58. The molecule has 0 saturated carbocycles. The fraction of sp³-hybridized carbons (Fsp3) is 0.312. The van der Waals surface area contributed by atoms with Gasteiger partial charge >= 0.3 is 0 Å². The Morgan fingerprint density at radius 3 is 2.39 bits per heavy atom. The molecule has 1 aromatic heterocycles. The number of pyridine rings is 1. The first-order valence-electron chi connectivity index (χ1n) is 6.30. The zero-order valence-electron chi connectivity index (χ0n) is 11.6. The Kier molecular flexibility index (Phi) is 3.66. The van der Waals surface area contributed by atoms with Crippen molar-refractivity contribution in [1.82, 2.24) is 4.90 Å². The van der Waals surface area contributed by atoms with E-state index in [0.717, 1.165) is 0 Å². The van der Waals surface area contributed by atoms with Gasteiger partial charge in [-0.3, -0.25) is 0 Å². The Morgan fingerprint density at radius 1 is 1.17 bits per heavy atom. The summed E-state index contributed by atoms with van der Waals surface area (Å²) in [6.45, 7) is 2.24. The summed E-state index contributed by atoms with van der Waals surface area (Å²) in [6, 6.07) is 4.28. The Morgan fingerprint density at radius 2 is 1.83 bits per heavy atom. The van der Waals surface area contributed by atoms with Crippen molar-refractivity contribution in [3.05, 3.63) is 59.6 Å². The highest BCUT2D eigenvalue weighted by atomic mass is 15.1. The van der Waals surface area contributed by atoms with Crippen molar-refractivity contribution >= 4 is 6.08 Å². The molecule has 1 aliphatic carbocycles. The predicted molar refractivity (Wildman–Crippen MR) is 75.7 cm³/mol. The number of hydrogen-bond donors (Lipinski definition) is 0. The largest absolute Gasteiger partial charge is 0.378 e. The first-order valence-corrected chi connectivity index (χ1v) is 6.30. The maximum absolute atomic E-state index is 2.30. The van der Waals surface area contributed by atoms with E-state index in [-0.39, 0.29) is 0 Å². The molecule has 1 heterocycles. The topological polar surface area (TPSA) is 7.12 Å². The number of aryl methyl sites for hydroxylation is 1. The van der Waals surface area contributed by atoms with Crippen LogP contribution in [0.5, 0.6) is 0 Å². The van der Waals surface area contributed by atoms with Gasteiger partial charge in [-0.15, -0.1) is 0 Å². The third-order valence-corrected chi connectivity index (χ3v) is 3.25.